The summed E-state index contributed by atoms with van der Waals surface area (Å²) in [5.41, 5.74) is -1.18. The van der Waals surface area contributed by atoms with E-state index in [0.717, 1.165) is 36.8 Å². The number of carbonyl (C=O) groups is 1. The second-order valence-corrected chi connectivity index (χ2v) is 9.09. The van der Waals surface area contributed by atoms with Gasteiger partial charge in [-0.3, -0.25) is 0 Å². The van der Waals surface area contributed by atoms with Gasteiger partial charge < -0.3 is 10.1 Å². The van der Waals surface area contributed by atoms with E-state index in [0.29, 0.717) is 5.82 Å². The number of carboxylic acid groups (broad SMARTS) is 1. The molecule has 1 saturated carbocycles. The number of aromatic amines is 1. The number of aromatic carboxylic acids is 1. The summed E-state index contributed by atoms with van der Waals surface area (Å²) in [6.45, 7) is 1.58. The average molecular weight is 482 g/mol. The number of imidazole rings is 1. The number of nitrogens with zero attached hydrogens (tertiary/aromatic N) is 1. The lowest BCUT2D eigenvalue weighted by atomic mass is 9.95. The molecule has 1 heterocycles. The van der Waals surface area contributed by atoms with Crippen LogP contribution in [0.5, 0.6) is 0 Å². The molecule has 0 amide bonds. The summed E-state index contributed by atoms with van der Waals surface area (Å²) in [7, 11) is 0. The molecule has 2 N–H and O–H groups in total. The van der Waals surface area contributed by atoms with E-state index < -0.39 is 40.4 Å². The van der Waals surface area contributed by atoms with Crippen LogP contribution in [0, 0.1) is 36.1 Å². The third-order valence-corrected chi connectivity index (χ3v) is 6.50. The number of hydrogen-bond donors (Lipinski definition) is 2. The van der Waals surface area contributed by atoms with Crippen LogP contribution in [0.1, 0.15) is 47.4 Å². The number of rotatable bonds is 7. The van der Waals surface area contributed by atoms with E-state index in [2.05, 4.69) is 9.97 Å². The second kappa shape index (κ2) is 8.83. The Morgan fingerprint density at radius 2 is 1.57 bits per heavy atom. The van der Waals surface area contributed by atoms with Gasteiger partial charge in [0.2, 0.25) is 0 Å². The van der Waals surface area contributed by atoms with Crippen molar-refractivity contribution in [2.24, 2.45) is 5.92 Å². The van der Waals surface area contributed by atoms with Crippen molar-refractivity contribution in [2.45, 2.75) is 39.0 Å². The number of fused-ring (bicyclic) bond motifs is 1. The Kier molecular flexibility index (Phi) is 5.83. The van der Waals surface area contributed by atoms with Crippen LogP contribution >= 0.6 is 0 Å². The molecular weight excluding hydrogens is 460 g/mol. The first-order valence-electron chi connectivity index (χ1n) is 11.4. The minimum absolute atomic E-state index is 0.0150. The molecule has 0 spiro atoms. The number of halogens is 4. The number of H-pyrrole nitrogens is 1. The molecule has 35 heavy (non-hydrogen) atoms. The Balaban J connectivity index is 1.55. The quantitative estimate of drug-likeness (QED) is 0.216. The molecule has 0 unspecified atom stereocenters. The van der Waals surface area contributed by atoms with Crippen LogP contribution in [0.25, 0.3) is 33.3 Å². The number of aromatic nitrogens is 2. The van der Waals surface area contributed by atoms with E-state index in [4.69, 9.17) is 0 Å². The fraction of sp³-hybridized carbons (Fsp3) is 0.259. The Morgan fingerprint density at radius 1 is 0.971 bits per heavy atom. The molecule has 0 bridgehead atoms. The van der Waals surface area contributed by atoms with Crippen molar-refractivity contribution in [3.63, 3.8) is 0 Å². The number of benzene rings is 3. The predicted octanol–water partition coefficient (Wildman–Crippen LogP) is 7.19. The maximum absolute atomic E-state index is 15.2. The van der Waals surface area contributed by atoms with Crippen molar-refractivity contribution < 1.29 is 27.5 Å². The first-order chi connectivity index (χ1) is 16.7. The summed E-state index contributed by atoms with van der Waals surface area (Å²) in [5.74, 6) is -6.48. The van der Waals surface area contributed by atoms with Gasteiger partial charge in [-0.05, 0) is 54.5 Å². The number of carboxylic acids is 1. The number of hydrogen-bond acceptors (Lipinski definition) is 2. The zero-order valence-electron chi connectivity index (χ0n) is 18.9. The molecule has 180 valence electrons. The van der Waals surface area contributed by atoms with E-state index in [1.54, 1.807) is 19.1 Å². The summed E-state index contributed by atoms with van der Waals surface area (Å²) in [6, 6.07) is 8.50. The van der Waals surface area contributed by atoms with Crippen LogP contribution < -0.4 is 0 Å². The molecule has 4 aromatic rings. The smallest absolute Gasteiger partial charge is 0.337 e. The Labute approximate surface area is 198 Å². The van der Waals surface area contributed by atoms with Crippen LogP contribution in [-0.2, 0) is 6.42 Å². The standard InChI is InChI=1S/C27H22F4N2O2/c1-13-32-19-12-17(11-18(27(34)35)26(19)33-13)21-24(30)22(28)20(23(29)25(21)31)16-9-7-15(8-10-16)4-2-3-14-5-6-14/h7-12,14H,2-6H2,1H3,(H,32,33)(H,34,35). The maximum atomic E-state index is 15.2. The molecule has 4 nitrogen and oxygen atoms in total. The SMILES string of the molecule is Cc1nc2c(C(=O)O)cc(-c3c(F)c(F)c(-c4ccc(CCCC5CC5)cc4)c(F)c3F)cc2[nH]1. The summed E-state index contributed by atoms with van der Waals surface area (Å²) < 4.78 is 60.6. The van der Waals surface area contributed by atoms with Crippen molar-refractivity contribution in [3.8, 4) is 22.3 Å². The summed E-state index contributed by atoms with van der Waals surface area (Å²) >= 11 is 0. The van der Waals surface area contributed by atoms with Crippen LogP contribution in [0.4, 0.5) is 17.6 Å². The monoisotopic (exact) mass is 482 g/mol. The fourth-order valence-electron chi connectivity index (χ4n) is 4.53. The lowest BCUT2D eigenvalue weighted by Gasteiger charge is -2.14. The molecule has 1 aliphatic carbocycles. The lowest BCUT2D eigenvalue weighted by molar-refractivity contribution is 0.0699. The first kappa shape index (κ1) is 23.1. The van der Waals surface area contributed by atoms with Gasteiger partial charge in [-0.1, -0.05) is 43.5 Å². The Bertz CT molecular complexity index is 1430. The summed E-state index contributed by atoms with van der Waals surface area (Å²) in [5, 5.41) is 9.52. The van der Waals surface area contributed by atoms with Gasteiger partial charge in [0.1, 0.15) is 11.3 Å². The van der Waals surface area contributed by atoms with Crippen molar-refractivity contribution in [3.05, 3.63) is 76.6 Å². The molecular formula is C27H22F4N2O2. The molecule has 3 aromatic carbocycles. The highest BCUT2D eigenvalue weighted by Crippen LogP contribution is 2.38. The summed E-state index contributed by atoms with van der Waals surface area (Å²) in [4.78, 5) is 18.6. The van der Waals surface area contributed by atoms with Crippen LogP contribution in [0.15, 0.2) is 36.4 Å². The average Bonchev–Trinajstić information content (AvgIpc) is 3.57. The zero-order valence-corrected chi connectivity index (χ0v) is 18.9. The van der Waals surface area contributed by atoms with Crippen molar-refractivity contribution >= 4 is 17.0 Å². The zero-order chi connectivity index (χ0) is 24.9. The van der Waals surface area contributed by atoms with Gasteiger partial charge in [-0.25, -0.2) is 27.3 Å². The number of nitrogens with one attached hydrogen (secondary N) is 1. The highest BCUT2D eigenvalue weighted by atomic mass is 19.2. The van der Waals surface area contributed by atoms with Gasteiger partial charge in [0.15, 0.2) is 23.3 Å². The molecule has 1 aliphatic rings. The van der Waals surface area contributed by atoms with Gasteiger partial charge in [0.05, 0.1) is 22.2 Å². The second-order valence-electron chi connectivity index (χ2n) is 9.09. The lowest BCUT2D eigenvalue weighted by Crippen LogP contribution is -2.05. The van der Waals surface area contributed by atoms with Crippen LogP contribution in [-0.4, -0.2) is 21.0 Å². The topological polar surface area (TPSA) is 66.0 Å². The Hall–Kier alpha value is -3.68. The van der Waals surface area contributed by atoms with E-state index in [1.165, 1.54) is 31.0 Å². The molecule has 0 atom stereocenters. The van der Waals surface area contributed by atoms with Crippen molar-refractivity contribution in [1.82, 2.24) is 9.97 Å². The molecule has 1 aromatic heterocycles. The minimum Gasteiger partial charge on any atom is -0.478 e. The van der Waals surface area contributed by atoms with E-state index in [-0.39, 0.29) is 27.7 Å². The largest absolute Gasteiger partial charge is 0.478 e. The van der Waals surface area contributed by atoms with Gasteiger partial charge in [0, 0.05) is 0 Å². The van der Waals surface area contributed by atoms with Crippen molar-refractivity contribution in [2.75, 3.05) is 0 Å². The predicted molar refractivity (Wildman–Crippen MR) is 124 cm³/mol. The van der Waals surface area contributed by atoms with E-state index in [9.17, 15) is 9.90 Å². The van der Waals surface area contributed by atoms with E-state index in [1.807, 2.05) is 0 Å². The van der Waals surface area contributed by atoms with E-state index >= 15 is 17.6 Å². The summed E-state index contributed by atoms with van der Waals surface area (Å²) in [6.07, 6.45) is 5.54. The van der Waals surface area contributed by atoms with Crippen LogP contribution in [0.3, 0.4) is 0 Å². The molecule has 0 saturated heterocycles. The third-order valence-electron chi connectivity index (χ3n) is 6.50. The first-order valence-corrected chi connectivity index (χ1v) is 11.4. The molecule has 0 aliphatic heterocycles. The molecule has 1 fully saturated rings. The maximum Gasteiger partial charge on any atom is 0.337 e. The molecule has 8 heteroatoms. The fourth-order valence-corrected chi connectivity index (χ4v) is 4.53. The minimum atomic E-state index is -1.60. The van der Waals surface area contributed by atoms with Gasteiger partial charge in [-0.2, -0.15) is 0 Å². The van der Waals surface area contributed by atoms with Crippen molar-refractivity contribution in [1.29, 1.82) is 0 Å². The van der Waals surface area contributed by atoms with Crippen LogP contribution in [0.2, 0.25) is 0 Å². The van der Waals surface area contributed by atoms with Gasteiger partial charge in [0.25, 0.3) is 0 Å². The molecule has 0 radical (unpaired) electrons. The normalized spacial score (nSPS) is 13.5. The van der Waals surface area contributed by atoms with Gasteiger partial charge >= 0.3 is 5.97 Å². The van der Waals surface area contributed by atoms with Gasteiger partial charge in [-0.15, -0.1) is 0 Å². The highest BCUT2D eigenvalue weighted by molar-refractivity contribution is 6.03. The Morgan fingerprint density at radius 3 is 2.14 bits per heavy atom. The number of aryl methyl sites for hydroxylation is 2. The highest BCUT2D eigenvalue weighted by Gasteiger charge is 2.28. The molecule has 5 rings (SSSR count). The third kappa shape index (κ3) is 4.29.